The second kappa shape index (κ2) is 7.36. The molecule has 1 N–H and O–H groups in total. The fourth-order valence-electron chi connectivity index (χ4n) is 2.47. The first-order valence-corrected chi connectivity index (χ1v) is 6.29. The molecule has 1 fully saturated rings. The van der Waals surface area contributed by atoms with Crippen LogP contribution in [-0.2, 0) is 4.79 Å². The molecule has 1 rings (SSSR count). The number of nitroso groups, excluding NO2 is 1. The first-order valence-electron chi connectivity index (χ1n) is 6.29. The Morgan fingerprint density at radius 1 is 1.25 bits per heavy atom. The first kappa shape index (κ1) is 13.1. The number of rotatable bonds is 7. The van der Waals surface area contributed by atoms with Crippen LogP contribution in [0.4, 0.5) is 0 Å². The Labute approximate surface area is 96.4 Å². The number of hydrogen-bond acceptors (Lipinski definition) is 3. The molecule has 0 aromatic heterocycles. The van der Waals surface area contributed by atoms with Gasteiger partial charge in [0.15, 0.2) is 6.04 Å². The maximum absolute atomic E-state index is 10.5. The van der Waals surface area contributed by atoms with Crippen LogP contribution in [0.5, 0.6) is 0 Å². The Bertz CT molecular complexity index is 224. The summed E-state index contributed by atoms with van der Waals surface area (Å²) < 4.78 is 0. The standard InChI is InChI=1S/C12H21NO3/c14-12(15)11(13-16)9-5-4-8-10-6-2-1-3-7-10/h10-11H,1-9H2,(H,14,15). The van der Waals surface area contributed by atoms with Crippen LogP contribution in [-0.4, -0.2) is 17.1 Å². The van der Waals surface area contributed by atoms with Gasteiger partial charge in [0.2, 0.25) is 0 Å². The SMILES string of the molecule is O=NC(CCCCC1CCCCC1)C(=O)O. The molecule has 0 aromatic carbocycles. The Kier molecular flexibility index (Phi) is 6.04. The molecule has 92 valence electrons. The molecule has 1 atom stereocenters. The lowest BCUT2D eigenvalue weighted by Crippen LogP contribution is -2.17. The number of hydrogen-bond donors (Lipinski definition) is 1. The molecule has 1 saturated carbocycles. The van der Waals surface area contributed by atoms with Crippen molar-refractivity contribution in [2.75, 3.05) is 0 Å². The summed E-state index contributed by atoms with van der Waals surface area (Å²) >= 11 is 0. The average molecular weight is 227 g/mol. The minimum Gasteiger partial charge on any atom is -0.480 e. The minimum atomic E-state index is -1.09. The van der Waals surface area contributed by atoms with Crippen LogP contribution in [0.3, 0.4) is 0 Å². The Balaban J connectivity index is 2.06. The fraction of sp³-hybridized carbons (Fsp3) is 0.917. The largest absolute Gasteiger partial charge is 0.480 e. The molecule has 16 heavy (non-hydrogen) atoms. The lowest BCUT2D eigenvalue weighted by atomic mass is 9.85. The Morgan fingerprint density at radius 3 is 2.50 bits per heavy atom. The van der Waals surface area contributed by atoms with Crippen molar-refractivity contribution in [3.8, 4) is 0 Å². The van der Waals surface area contributed by atoms with E-state index < -0.39 is 12.0 Å². The van der Waals surface area contributed by atoms with Crippen molar-refractivity contribution < 1.29 is 9.90 Å². The summed E-state index contributed by atoms with van der Waals surface area (Å²) in [4.78, 5) is 20.7. The topological polar surface area (TPSA) is 66.7 Å². The molecule has 0 aromatic rings. The van der Waals surface area contributed by atoms with Gasteiger partial charge in [-0.2, -0.15) is 0 Å². The first-order chi connectivity index (χ1) is 7.74. The lowest BCUT2D eigenvalue weighted by molar-refractivity contribution is -0.138. The zero-order valence-corrected chi connectivity index (χ0v) is 9.73. The molecule has 0 amide bonds. The van der Waals surface area contributed by atoms with Crippen molar-refractivity contribution in [2.45, 2.75) is 63.8 Å². The van der Waals surface area contributed by atoms with E-state index in [1.807, 2.05) is 0 Å². The van der Waals surface area contributed by atoms with Gasteiger partial charge in [-0.15, -0.1) is 4.91 Å². The predicted octanol–water partition coefficient (Wildman–Crippen LogP) is 3.35. The third-order valence-corrected chi connectivity index (χ3v) is 3.48. The van der Waals surface area contributed by atoms with E-state index in [0.717, 1.165) is 18.8 Å². The summed E-state index contributed by atoms with van der Waals surface area (Å²) in [6.45, 7) is 0. The summed E-state index contributed by atoms with van der Waals surface area (Å²) in [5.41, 5.74) is 0. The molecule has 0 spiro atoms. The number of carbonyl (C=O) groups is 1. The molecule has 0 aliphatic heterocycles. The molecule has 1 aliphatic carbocycles. The van der Waals surface area contributed by atoms with Crippen molar-refractivity contribution >= 4 is 5.97 Å². The van der Waals surface area contributed by atoms with E-state index in [4.69, 9.17) is 5.11 Å². The van der Waals surface area contributed by atoms with Gasteiger partial charge in [-0.1, -0.05) is 56.5 Å². The highest BCUT2D eigenvalue weighted by Crippen LogP contribution is 2.28. The van der Waals surface area contributed by atoms with E-state index in [-0.39, 0.29) is 0 Å². The summed E-state index contributed by atoms with van der Waals surface area (Å²) in [7, 11) is 0. The third-order valence-electron chi connectivity index (χ3n) is 3.48. The van der Waals surface area contributed by atoms with E-state index in [1.54, 1.807) is 0 Å². The predicted molar refractivity (Wildman–Crippen MR) is 62.3 cm³/mol. The van der Waals surface area contributed by atoms with Crippen LogP contribution in [0.15, 0.2) is 5.18 Å². The molecule has 4 nitrogen and oxygen atoms in total. The molecule has 0 saturated heterocycles. The normalized spacial score (nSPS) is 19.2. The number of carboxylic acid groups (broad SMARTS) is 1. The van der Waals surface area contributed by atoms with Crippen LogP contribution in [0.1, 0.15) is 57.8 Å². The van der Waals surface area contributed by atoms with Gasteiger partial charge in [0.25, 0.3) is 0 Å². The molecular weight excluding hydrogens is 206 g/mol. The van der Waals surface area contributed by atoms with Crippen molar-refractivity contribution in [1.29, 1.82) is 0 Å². The lowest BCUT2D eigenvalue weighted by Gasteiger charge is -2.21. The number of carboxylic acids is 1. The highest BCUT2D eigenvalue weighted by Gasteiger charge is 2.18. The van der Waals surface area contributed by atoms with E-state index in [9.17, 15) is 9.70 Å². The van der Waals surface area contributed by atoms with E-state index in [0.29, 0.717) is 6.42 Å². The number of nitrogens with zero attached hydrogens (tertiary/aromatic N) is 1. The molecule has 0 radical (unpaired) electrons. The van der Waals surface area contributed by atoms with Gasteiger partial charge in [0.05, 0.1) is 0 Å². The van der Waals surface area contributed by atoms with Gasteiger partial charge in [0, 0.05) is 0 Å². The average Bonchev–Trinajstić information content (AvgIpc) is 2.30. The Hall–Kier alpha value is -0.930. The van der Waals surface area contributed by atoms with Crippen molar-refractivity contribution in [1.82, 2.24) is 0 Å². The van der Waals surface area contributed by atoms with E-state index >= 15 is 0 Å². The molecule has 0 bridgehead atoms. The number of unbranched alkanes of at least 4 members (excludes halogenated alkanes) is 1. The fourth-order valence-corrected chi connectivity index (χ4v) is 2.47. The zero-order chi connectivity index (χ0) is 11.8. The van der Waals surface area contributed by atoms with Crippen LogP contribution < -0.4 is 0 Å². The monoisotopic (exact) mass is 227 g/mol. The maximum atomic E-state index is 10.5. The second-order valence-corrected chi connectivity index (χ2v) is 4.75. The van der Waals surface area contributed by atoms with Crippen molar-refractivity contribution in [2.24, 2.45) is 11.1 Å². The van der Waals surface area contributed by atoms with Crippen molar-refractivity contribution in [3.63, 3.8) is 0 Å². The van der Waals surface area contributed by atoms with Crippen LogP contribution in [0.25, 0.3) is 0 Å². The molecular formula is C12H21NO3. The molecule has 1 unspecified atom stereocenters. The minimum absolute atomic E-state index is 0.394. The van der Waals surface area contributed by atoms with Crippen molar-refractivity contribution in [3.05, 3.63) is 4.91 Å². The van der Waals surface area contributed by atoms with Gasteiger partial charge >= 0.3 is 5.97 Å². The summed E-state index contributed by atoms with van der Waals surface area (Å²) in [6.07, 6.45) is 10.1. The number of aliphatic carboxylic acids is 1. The van der Waals surface area contributed by atoms with Gasteiger partial charge in [0.1, 0.15) is 0 Å². The second-order valence-electron chi connectivity index (χ2n) is 4.75. The van der Waals surface area contributed by atoms with E-state index in [1.165, 1.54) is 38.5 Å². The molecule has 4 heteroatoms. The summed E-state index contributed by atoms with van der Waals surface area (Å²) in [5.74, 6) is -0.256. The van der Waals surface area contributed by atoms with Gasteiger partial charge in [-0.05, 0) is 12.3 Å². The molecule has 1 aliphatic rings. The van der Waals surface area contributed by atoms with Gasteiger partial charge in [-0.25, -0.2) is 4.79 Å². The maximum Gasteiger partial charge on any atom is 0.332 e. The highest BCUT2D eigenvalue weighted by molar-refractivity contribution is 5.73. The van der Waals surface area contributed by atoms with Crippen LogP contribution in [0, 0.1) is 10.8 Å². The molecule has 0 heterocycles. The van der Waals surface area contributed by atoms with Gasteiger partial charge < -0.3 is 5.11 Å². The zero-order valence-electron chi connectivity index (χ0n) is 9.73. The Morgan fingerprint density at radius 2 is 1.94 bits per heavy atom. The van der Waals surface area contributed by atoms with Crippen LogP contribution in [0.2, 0.25) is 0 Å². The highest BCUT2D eigenvalue weighted by atomic mass is 16.4. The summed E-state index contributed by atoms with van der Waals surface area (Å²) in [5, 5.41) is 11.2. The smallest absolute Gasteiger partial charge is 0.332 e. The summed E-state index contributed by atoms with van der Waals surface area (Å²) in [6, 6.07) is -1.04. The quantitative estimate of drug-likeness (QED) is 0.535. The third kappa shape index (κ3) is 4.73. The van der Waals surface area contributed by atoms with Gasteiger partial charge in [-0.3, -0.25) is 0 Å². The van der Waals surface area contributed by atoms with Crippen LogP contribution >= 0.6 is 0 Å². The van der Waals surface area contributed by atoms with E-state index in [2.05, 4.69) is 5.18 Å².